The summed E-state index contributed by atoms with van der Waals surface area (Å²) in [6.07, 6.45) is 0. The molecule has 0 amide bonds. The van der Waals surface area contributed by atoms with Crippen molar-refractivity contribution in [3.05, 3.63) is 212 Å². The van der Waals surface area contributed by atoms with Crippen LogP contribution >= 0.6 is 0 Å². The number of benzene rings is 11. The van der Waals surface area contributed by atoms with Crippen molar-refractivity contribution in [1.82, 2.24) is 4.98 Å². The van der Waals surface area contributed by atoms with Crippen molar-refractivity contribution < 1.29 is 0 Å². The summed E-state index contributed by atoms with van der Waals surface area (Å²) in [5.74, 6) is 0. The molecule has 62 heavy (non-hydrogen) atoms. The molecular weight excluding hydrogens is 747 g/mol. The van der Waals surface area contributed by atoms with E-state index in [0.717, 1.165) is 22.5 Å². The predicted molar refractivity (Wildman–Crippen MR) is 266 cm³/mol. The normalized spacial score (nSPS) is 12.2. The summed E-state index contributed by atoms with van der Waals surface area (Å²) >= 11 is 0. The van der Waals surface area contributed by atoms with E-state index in [1.54, 1.807) is 0 Å². The molecule has 0 saturated heterocycles. The molecule has 0 N–H and O–H groups in total. The highest BCUT2D eigenvalue weighted by Gasteiger charge is 2.27. The summed E-state index contributed by atoms with van der Waals surface area (Å²) in [5.41, 5.74) is 9.28. The Morgan fingerprint density at radius 2 is 0.726 bits per heavy atom. The molecule has 0 atom stereocenters. The fourth-order valence-electron chi connectivity index (χ4n) is 11.2. The van der Waals surface area contributed by atoms with E-state index < -0.39 is 0 Å². The minimum Gasteiger partial charge on any atom is -0.248 e. The lowest BCUT2D eigenvalue weighted by atomic mass is 9.84. The number of aromatic nitrogens is 1. The maximum atomic E-state index is 5.12. The highest BCUT2D eigenvalue weighted by atomic mass is 14.7. The van der Waals surface area contributed by atoms with Crippen LogP contribution in [0.15, 0.2) is 212 Å². The second-order valence-corrected chi connectivity index (χ2v) is 16.9. The van der Waals surface area contributed by atoms with Gasteiger partial charge in [-0.1, -0.05) is 182 Å². The summed E-state index contributed by atoms with van der Waals surface area (Å²) in [4.78, 5) is 5.12. The van der Waals surface area contributed by atoms with Gasteiger partial charge in [-0.2, -0.15) is 0 Å². The van der Waals surface area contributed by atoms with E-state index in [9.17, 15) is 0 Å². The molecule has 0 radical (unpaired) electrons. The van der Waals surface area contributed by atoms with Crippen LogP contribution in [0.25, 0.3) is 142 Å². The number of nitrogens with zero attached hydrogens (tertiary/aromatic N) is 1. The molecule has 14 aromatic rings. The van der Waals surface area contributed by atoms with Gasteiger partial charge in [0.05, 0.1) is 11.4 Å². The molecule has 0 aliphatic rings. The third-order valence-corrected chi connectivity index (χ3v) is 13.7. The molecule has 0 bridgehead atoms. The Bertz CT molecular complexity index is 4110. The third kappa shape index (κ3) is 4.60. The third-order valence-electron chi connectivity index (χ3n) is 13.7. The van der Waals surface area contributed by atoms with E-state index in [2.05, 4.69) is 206 Å². The Balaban J connectivity index is 1.14. The SMILES string of the molecule is c1ccc(-c2cccc(-c3ccc4c(ccc5cc6c7c(-c8ccccc8)c8c(cc9c%10ccccc%10c%10cccc8c%109)c(-c8ccccc8)c7c7cccc(c54)c76)c3)n2)cc1. The Kier molecular flexibility index (Phi) is 6.89. The second kappa shape index (κ2) is 12.7. The zero-order chi connectivity index (χ0) is 40.5. The van der Waals surface area contributed by atoms with Gasteiger partial charge < -0.3 is 0 Å². The van der Waals surface area contributed by atoms with Crippen LogP contribution in [0.1, 0.15) is 0 Å². The van der Waals surface area contributed by atoms with Crippen LogP contribution in [0.4, 0.5) is 0 Å². The van der Waals surface area contributed by atoms with Crippen molar-refractivity contribution in [2.45, 2.75) is 0 Å². The summed E-state index contributed by atoms with van der Waals surface area (Å²) < 4.78 is 0. The van der Waals surface area contributed by atoms with Crippen LogP contribution in [0, 0.1) is 0 Å². The van der Waals surface area contributed by atoms with E-state index in [1.807, 2.05) is 6.07 Å². The summed E-state index contributed by atoms with van der Waals surface area (Å²) in [5, 5.41) is 23.4. The molecule has 0 aliphatic carbocycles. The van der Waals surface area contributed by atoms with Crippen LogP contribution in [0.3, 0.4) is 0 Å². The van der Waals surface area contributed by atoms with Gasteiger partial charge in [0.1, 0.15) is 0 Å². The van der Waals surface area contributed by atoms with Crippen LogP contribution in [-0.2, 0) is 0 Å². The molecule has 0 fully saturated rings. The number of fused-ring (bicyclic) bond motifs is 12. The average molecular weight is 782 g/mol. The fraction of sp³-hybridized carbons (Fsp3) is 0. The Labute approximate surface area is 357 Å². The molecule has 1 aromatic heterocycles. The van der Waals surface area contributed by atoms with E-state index in [4.69, 9.17) is 4.98 Å². The van der Waals surface area contributed by atoms with Gasteiger partial charge >= 0.3 is 0 Å². The predicted octanol–water partition coefficient (Wildman–Crippen LogP) is 17.0. The lowest BCUT2D eigenvalue weighted by Crippen LogP contribution is -1.91. The highest BCUT2D eigenvalue weighted by molar-refractivity contribution is 6.46. The van der Waals surface area contributed by atoms with Crippen molar-refractivity contribution in [3.8, 4) is 44.8 Å². The molecule has 1 nitrogen and oxygen atoms in total. The largest absolute Gasteiger partial charge is 0.248 e. The number of pyridine rings is 1. The lowest BCUT2D eigenvalue weighted by Gasteiger charge is -2.19. The molecule has 0 aliphatic heterocycles. The van der Waals surface area contributed by atoms with Crippen molar-refractivity contribution in [3.63, 3.8) is 0 Å². The monoisotopic (exact) mass is 781 g/mol. The summed E-state index contributed by atoms with van der Waals surface area (Å²) in [6, 6.07) is 78.5. The molecule has 1 heterocycles. The Morgan fingerprint density at radius 3 is 1.45 bits per heavy atom. The van der Waals surface area contributed by atoms with Crippen LogP contribution in [-0.4, -0.2) is 4.98 Å². The fourth-order valence-corrected chi connectivity index (χ4v) is 11.2. The quantitative estimate of drug-likeness (QED) is 0.162. The first kappa shape index (κ1) is 33.7. The molecule has 0 unspecified atom stereocenters. The highest BCUT2D eigenvalue weighted by Crippen LogP contribution is 2.55. The molecular formula is C61H35N. The smallest absolute Gasteiger partial charge is 0.0709 e. The first-order chi connectivity index (χ1) is 30.8. The molecule has 14 rings (SSSR count). The van der Waals surface area contributed by atoms with Gasteiger partial charge in [0.2, 0.25) is 0 Å². The first-order valence-electron chi connectivity index (χ1n) is 21.5. The zero-order valence-corrected chi connectivity index (χ0v) is 33.7. The van der Waals surface area contributed by atoms with Crippen LogP contribution in [0.5, 0.6) is 0 Å². The van der Waals surface area contributed by atoms with Gasteiger partial charge in [-0.25, -0.2) is 4.98 Å². The first-order valence-corrected chi connectivity index (χ1v) is 21.5. The maximum absolute atomic E-state index is 5.12. The van der Waals surface area contributed by atoms with Crippen molar-refractivity contribution in [2.24, 2.45) is 0 Å². The minimum atomic E-state index is 0.976. The maximum Gasteiger partial charge on any atom is 0.0709 e. The topological polar surface area (TPSA) is 12.9 Å². The van der Waals surface area contributed by atoms with Crippen LogP contribution in [0.2, 0.25) is 0 Å². The molecule has 13 aromatic carbocycles. The molecule has 0 saturated carbocycles. The van der Waals surface area contributed by atoms with Gasteiger partial charge in [0.25, 0.3) is 0 Å². The van der Waals surface area contributed by atoms with Crippen molar-refractivity contribution >= 4 is 97.0 Å². The van der Waals surface area contributed by atoms with Crippen molar-refractivity contribution in [2.75, 3.05) is 0 Å². The number of hydrogen-bond donors (Lipinski definition) is 0. The summed E-state index contributed by atoms with van der Waals surface area (Å²) in [6.45, 7) is 0. The van der Waals surface area contributed by atoms with Gasteiger partial charge in [0, 0.05) is 11.1 Å². The van der Waals surface area contributed by atoms with Crippen LogP contribution < -0.4 is 0 Å². The molecule has 0 spiro atoms. The van der Waals surface area contributed by atoms with E-state index in [0.29, 0.717) is 0 Å². The van der Waals surface area contributed by atoms with Gasteiger partial charge in [-0.05, 0) is 150 Å². The van der Waals surface area contributed by atoms with E-state index in [-0.39, 0.29) is 0 Å². The average Bonchev–Trinajstić information content (AvgIpc) is 3.85. The van der Waals surface area contributed by atoms with Gasteiger partial charge in [-0.15, -0.1) is 0 Å². The number of hydrogen-bond acceptors (Lipinski definition) is 1. The molecule has 1 heteroatoms. The summed E-state index contributed by atoms with van der Waals surface area (Å²) in [7, 11) is 0. The zero-order valence-electron chi connectivity index (χ0n) is 33.7. The standard InChI is InChI=1S/C61H35N/c1-4-15-36(16-5-1)52-27-14-28-53(62-52)40-31-32-42-39(33-40)29-30-41-34-50-58-46(54(41)42)24-13-26-48(58)60-55(37-17-6-2-7-18-37)51-35-49-44-22-11-10-21-43(44)45-23-12-25-47(57(45)49)59(51)56(61(50)60)38-19-8-3-9-20-38/h1-35H. The van der Waals surface area contributed by atoms with Crippen molar-refractivity contribution in [1.29, 1.82) is 0 Å². The second-order valence-electron chi connectivity index (χ2n) is 16.9. The Morgan fingerprint density at radius 1 is 0.210 bits per heavy atom. The van der Waals surface area contributed by atoms with Gasteiger partial charge in [0.15, 0.2) is 0 Å². The lowest BCUT2D eigenvalue weighted by molar-refractivity contribution is 1.33. The Hall–Kier alpha value is -8.13. The number of rotatable bonds is 4. The van der Waals surface area contributed by atoms with E-state index >= 15 is 0 Å². The van der Waals surface area contributed by atoms with Gasteiger partial charge in [-0.3, -0.25) is 0 Å². The van der Waals surface area contributed by atoms with E-state index in [1.165, 1.54) is 119 Å². The molecule has 284 valence electrons. The minimum absolute atomic E-state index is 0.976.